The number of nitrogens with one attached hydrogen (secondary N) is 1. The molecule has 4 rings (SSSR count). The molecule has 2 aromatic heterocycles. The van der Waals surface area contributed by atoms with Gasteiger partial charge in [-0.2, -0.15) is 0 Å². The first-order valence-electron chi connectivity index (χ1n) is 9.27. The number of piperidine rings is 1. The number of amides is 2. The van der Waals surface area contributed by atoms with Crippen LogP contribution in [-0.2, 0) is 5.60 Å². The Morgan fingerprint density at radius 1 is 1.33 bits per heavy atom. The predicted octanol–water partition coefficient (Wildman–Crippen LogP) is 2.64. The number of carbonyl (C=O) groups excluding carboxylic acids is 1. The van der Waals surface area contributed by atoms with Crippen molar-refractivity contribution in [2.45, 2.75) is 38.3 Å². The van der Waals surface area contributed by atoms with Crippen LogP contribution in [0.4, 0.5) is 4.79 Å². The van der Waals surface area contributed by atoms with Crippen LogP contribution in [0.5, 0.6) is 0 Å². The Morgan fingerprint density at radius 3 is 2.89 bits per heavy atom. The van der Waals surface area contributed by atoms with Crippen molar-refractivity contribution in [3.63, 3.8) is 0 Å². The Balaban J connectivity index is 1.90. The van der Waals surface area contributed by atoms with Crippen molar-refractivity contribution in [2.24, 2.45) is 5.84 Å². The fourth-order valence-corrected chi connectivity index (χ4v) is 4.07. The number of nitrogens with two attached hydrogens (primary N) is 1. The van der Waals surface area contributed by atoms with Gasteiger partial charge in [-0.25, -0.2) is 10.6 Å². The summed E-state index contributed by atoms with van der Waals surface area (Å²) in [6.07, 6.45) is 3.67. The lowest BCUT2D eigenvalue weighted by Gasteiger charge is -2.34. The maximum absolute atomic E-state index is 12.0. The SMILES string of the molecule is CC(C)(O)c1ccc2c3ncccc3n(C3CCCN(C(=O)NN)C3)c2c1. The number of urea groups is 1. The topological polar surface area (TPSA) is 96.4 Å². The van der Waals surface area contributed by atoms with Crippen molar-refractivity contribution < 1.29 is 9.90 Å². The zero-order valence-corrected chi connectivity index (χ0v) is 15.6. The van der Waals surface area contributed by atoms with E-state index in [4.69, 9.17) is 5.84 Å². The summed E-state index contributed by atoms with van der Waals surface area (Å²) in [4.78, 5) is 18.4. The fraction of sp³-hybridized carbons (Fsp3) is 0.400. The zero-order chi connectivity index (χ0) is 19.2. The molecule has 7 nitrogen and oxygen atoms in total. The molecule has 1 fully saturated rings. The van der Waals surface area contributed by atoms with Crippen LogP contribution in [0.3, 0.4) is 0 Å². The summed E-state index contributed by atoms with van der Waals surface area (Å²) in [5, 5.41) is 11.5. The molecule has 0 spiro atoms. The molecule has 1 aromatic carbocycles. The first kappa shape index (κ1) is 17.8. The lowest BCUT2D eigenvalue weighted by molar-refractivity contribution is 0.0787. The molecule has 0 aliphatic carbocycles. The summed E-state index contributed by atoms with van der Waals surface area (Å²) in [5.74, 6) is 5.33. The highest BCUT2D eigenvalue weighted by Crippen LogP contribution is 2.36. The molecule has 1 unspecified atom stereocenters. The molecule has 2 amide bonds. The number of likely N-dealkylation sites (tertiary alicyclic amines) is 1. The summed E-state index contributed by atoms with van der Waals surface area (Å²) in [7, 11) is 0. The van der Waals surface area contributed by atoms with E-state index in [1.165, 1.54) is 0 Å². The van der Waals surface area contributed by atoms with E-state index in [0.29, 0.717) is 13.1 Å². The summed E-state index contributed by atoms with van der Waals surface area (Å²) in [6.45, 7) is 4.86. The van der Waals surface area contributed by atoms with Gasteiger partial charge in [0.2, 0.25) is 0 Å². The lowest BCUT2D eigenvalue weighted by atomic mass is 9.97. The first-order valence-corrected chi connectivity index (χ1v) is 9.27. The summed E-state index contributed by atoms with van der Waals surface area (Å²) in [6, 6.07) is 9.89. The minimum Gasteiger partial charge on any atom is -0.386 e. The zero-order valence-electron chi connectivity index (χ0n) is 15.6. The van der Waals surface area contributed by atoms with Crippen LogP contribution in [-0.4, -0.2) is 38.7 Å². The van der Waals surface area contributed by atoms with E-state index in [9.17, 15) is 9.90 Å². The average molecular weight is 367 g/mol. The van der Waals surface area contributed by atoms with E-state index in [0.717, 1.165) is 40.3 Å². The second-order valence-corrected chi connectivity index (χ2v) is 7.72. The van der Waals surface area contributed by atoms with Crippen molar-refractivity contribution in [1.29, 1.82) is 0 Å². The number of hydrogen-bond donors (Lipinski definition) is 3. The van der Waals surface area contributed by atoms with Gasteiger partial charge < -0.3 is 14.6 Å². The van der Waals surface area contributed by atoms with Crippen molar-refractivity contribution in [3.8, 4) is 0 Å². The molecular weight excluding hydrogens is 342 g/mol. The van der Waals surface area contributed by atoms with Gasteiger partial charge in [0.25, 0.3) is 0 Å². The summed E-state index contributed by atoms with van der Waals surface area (Å²) in [5.41, 5.74) is 5.17. The van der Waals surface area contributed by atoms with Gasteiger partial charge in [0.05, 0.1) is 28.2 Å². The van der Waals surface area contributed by atoms with Gasteiger partial charge in [0.15, 0.2) is 0 Å². The van der Waals surface area contributed by atoms with Gasteiger partial charge in [0.1, 0.15) is 0 Å². The maximum Gasteiger partial charge on any atom is 0.331 e. The summed E-state index contributed by atoms with van der Waals surface area (Å²) >= 11 is 0. The number of pyridine rings is 1. The number of hydrazine groups is 1. The van der Waals surface area contributed by atoms with Gasteiger partial charge in [0, 0.05) is 24.7 Å². The highest BCUT2D eigenvalue weighted by Gasteiger charge is 2.28. The van der Waals surface area contributed by atoms with Crippen LogP contribution >= 0.6 is 0 Å². The van der Waals surface area contributed by atoms with Gasteiger partial charge in [-0.3, -0.25) is 10.4 Å². The number of fused-ring (bicyclic) bond motifs is 3. The van der Waals surface area contributed by atoms with Crippen molar-refractivity contribution >= 4 is 28.0 Å². The van der Waals surface area contributed by atoms with Gasteiger partial charge in [-0.1, -0.05) is 12.1 Å². The van der Waals surface area contributed by atoms with Crippen LogP contribution in [0.25, 0.3) is 21.9 Å². The lowest BCUT2D eigenvalue weighted by Crippen LogP contribution is -2.48. The Hall–Kier alpha value is -2.64. The molecule has 27 heavy (non-hydrogen) atoms. The van der Waals surface area contributed by atoms with Crippen LogP contribution in [0.1, 0.15) is 38.3 Å². The molecule has 3 heterocycles. The van der Waals surface area contributed by atoms with E-state index < -0.39 is 5.60 Å². The molecule has 1 atom stereocenters. The number of benzene rings is 1. The molecule has 0 radical (unpaired) electrons. The highest BCUT2D eigenvalue weighted by molar-refractivity contribution is 6.06. The second-order valence-electron chi connectivity index (χ2n) is 7.72. The van der Waals surface area contributed by atoms with Crippen LogP contribution in [0.2, 0.25) is 0 Å². The molecule has 142 valence electrons. The highest BCUT2D eigenvalue weighted by atomic mass is 16.3. The first-order chi connectivity index (χ1) is 12.9. The average Bonchev–Trinajstić information content (AvgIpc) is 3.00. The van der Waals surface area contributed by atoms with Crippen molar-refractivity contribution in [2.75, 3.05) is 13.1 Å². The molecule has 7 heteroatoms. The largest absolute Gasteiger partial charge is 0.386 e. The molecule has 4 N–H and O–H groups in total. The van der Waals surface area contributed by atoms with E-state index >= 15 is 0 Å². The Kier molecular flexibility index (Phi) is 4.28. The third-order valence-corrected chi connectivity index (χ3v) is 5.44. The minimum absolute atomic E-state index is 0.123. The number of hydrogen-bond acceptors (Lipinski definition) is 4. The van der Waals surface area contributed by atoms with Gasteiger partial charge in [-0.15, -0.1) is 0 Å². The third-order valence-electron chi connectivity index (χ3n) is 5.44. The number of carbonyl (C=O) groups is 1. The van der Waals surface area contributed by atoms with Crippen molar-refractivity contribution in [3.05, 3.63) is 42.1 Å². The van der Waals surface area contributed by atoms with Crippen LogP contribution in [0.15, 0.2) is 36.5 Å². The predicted molar refractivity (Wildman–Crippen MR) is 105 cm³/mol. The quantitative estimate of drug-likeness (QED) is 0.368. The van der Waals surface area contributed by atoms with Crippen LogP contribution < -0.4 is 11.3 Å². The Morgan fingerprint density at radius 2 is 2.15 bits per heavy atom. The molecule has 0 bridgehead atoms. The number of rotatable bonds is 2. The van der Waals surface area contributed by atoms with E-state index in [1.807, 2.05) is 24.3 Å². The number of aliphatic hydroxyl groups is 1. The second kappa shape index (κ2) is 6.51. The fourth-order valence-electron chi connectivity index (χ4n) is 4.07. The van der Waals surface area contributed by atoms with E-state index in [1.54, 1.807) is 24.9 Å². The van der Waals surface area contributed by atoms with Gasteiger partial charge in [-0.05, 0) is 50.5 Å². The van der Waals surface area contributed by atoms with Gasteiger partial charge >= 0.3 is 6.03 Å². The van der Waals surface area contributed by atoms with E-state index in [2.05, 4.69) is 21.0 Å². The molecule has 3 aromatic rings. The standard InChI is InChI=1S/C20H25N5O2/c1-20(2,27)13-7-8-15-17(11-13)25(16-6-3-9-22-18(15)16)14-5-4-10-24(12-14)19(26)23-21/h3,6-9,11,14,27H,4-5,10,12,21H2,1-2H3,(H,23,26). The Labute approximate surface area is 157 Å². The number of aromatic nitrogens is 2. The maximum atomic E-state index is 12.0. The minimum atomic E-state index is -0.930. The molecule has 1 aliphatic heterocycles. The smallest absolute Gasteiger partial charge is 0.331 e. The third kappa shape index (κ3) is 3.02. The normalized spacial score (nSPS) is 18.2. The molecule has 1 aliphatic rings. The Bertz CT molecular complexity index is 1000. The molecular formula is C20H25N5O2. The van der Waals surface area contributed by atoms with Crippen LogP contribution in [0, 0.1) is 0 Å². The number of nitrogens with zero attached hydrogens (tertiary/aromatic N) is 3. The molecule has 0 saturated carbocycles. The molecule has 1 saturated heterocycles. The monoisotopic (exact) mass is 367 g/mol. The van der Waals surface area contributed by atoms with E-state index in [-0.39, 0.29) is 12.1 Å². The summed E-state index contributed by atoms with van der Waals surface area (Å²) < 4.78 is 2.27. The van der Waals surface area contributed by atoms with Crippen molar-refractivity contribution in [1.82, 2.24) is 19.9 Å².